The van der Waals surface area contributed by atoms with Gasteiger partial charge >= 0.3 is 0 Å². The first kappa shape index (κ1) is 14.6. The molecule has 1 atom stereocenters. The van der Waals surface area contributed by atoms with Gasteiger partial charge in [0.1, 0.15) is 5.75 Å². The molecule has 1 unspecified atom stereocenters. The lowest BCUT2D eigenvalue weighted by Crippen LogP contribution is -2.34. The fourth-order valence-electron chi connectivity index (χ4n) is 2.16. The molecule has 22 heavy (non-hydrogen) atoms. The Labute approximate surface area is 132 Å². The van der Waals surface area contributed by atoms with E-state index in [0.29, 0.717) is 22.0 Å². The molecular weight excluding hydrogens is 300 g/mol. The summed E-state index contributed by atoms with van der Waals surface area (Å²) in [6.45, 7) is 5.66. The molecule has 114 valence electrons. The molecule has 0 aliphatic carbocycles. The number of amides is 2. The van der Waals surface area contributed by atoms with Crippen molar-refractivity contribution in [3.8, 4) is 5.75 Å². The Morgan fingerprint density at radius 3 is 2.77 bits per heavy atom. The molecule has 2 N–H and O–H groups in total. The number of carbonyl (C=O) groups is 2. The van der Waals surface area contributed by atoms with E-state index in [9.17, 15) is 9.59 Å². The summed E-state index contributed by atoms with van der Waals surface area (Å²) in [4.78, 5) is 25.7. The predicted octanol–water partition coefficient (Wildman–Crippen LogP) is 3.34. The van der Waals surface area contributed by atoms with E-state index in [-0.39, 0.29) is 11.8 Å². The topological polar surface area (TPSA) is 67.4 Å². The van der Waals surface area contributed by atoms with Gasteiger partial charge in [0.15, 0.2) is 6.10 Å². The Kier molecular flexibility index (Phi) is 3.62. The molecule has 2 heterocycles. The number of fused-ring (bicyclic) bond motifs is 1. The number of ether oxygens (including phenoxy) is 1. The van der Waals surface area contributed by atoms with Crippen LogP contribution >= 0.6 is 11.3 Å². The summed E-state index contributed by atoms with van der Waals surface area (Å²) < 4.78 is 5.49. The quantitative estimate of drug-likeness (QED) is 0.893. The smallest absolute Gasteiger partial charge is 0.265 e. The van der Waals surface area contributed by atoms with E-state index < -0.39 is 6.10 Å². The van der Waals surface area contributed by atoms with Crippen molar-refractivity contribution in [1.82, 2.24) is 0 Å². The number of nitrogens with one attached hydrogen (secondary N) is 2. The van der Waals surface area contributed by atoms with Crippen molar-refractivity contribution in [3.63, 3.8) is 0 Å². The average molecular weight is 316 g/mol. The van der Waals surface area contributed by atoms with E-state index in [1.165, 1.54) is 11.3 Å². The molecule has 3 rings (SSSR count). The number of rotatable bonds is 2. The molecule has 1 aliphatic heterocycles. The fraction of sp³-hybridized carbons (Fsp3) is 0.250. The highest BCUT2D eigenvalue weighted by Crippen LogP contribution is 2.32. The largest absolute Gasteiger partial charge is 0.479 e. The van der Waals surface area contributed by atoms with Crippen LogP contribution in [0.3, 0.4) is 0 Å². The molecule has 0 bridgehead atoms. The summed E-state index contributed by atoms with van der Waals surface area (Å²) in [6, 6.07) is 7.07. The maximum Gasteiger partial charge on any atom is 0.265 e. The zero-order chi connectivity index (χ0) is 15.9. The maximum absolute atomic E-state index is 12.2. The van der Waals surface area contributed by atoms with E-state index in [1.807, 2.05) is 19.9 Å². The molecule has 6 heteroatoms. The van der Waals surface area contributed by atoms with Crippen molar-refractivity contribution in [2.75, 3.05) is 10.6 Å². The standard InChI is InChI=1S/C16H16N2O3S/c1-8-6-14(22-10(8)3)16(20)17-11-4-5-13-12(7-11)18-15(19)9(2)21-13/h4-7,9H,1-3H3,(H,17,20)(H,18,19). The van der Waals surface area contributed by atoms with Crippen molar-refractivity contribution in [1.29, 1.82) is 0 Å². The molecule has 1 aliphatic rings. The van der Waals surface area contributed by atoms with Crippen LogP contribution in [0.2, 0.25) is 0 Å². The summed E-state index contributed by atoms with van der Waals surface area (Å²) in [5, 5.41) is 5.60. The van der Waals surface area contributed by atoms with Gasteiger partial charge in [0.05, 0.1) is 10.6 Å². The van der Waals surface area contributed by atoms with Crippen LogP contribution < -0.4 is 15.4 Å². The number of hydrogen-bond donors (Lipinski definition) is 2. The van der Waals surface area contributed by atoms with Gasteiger partial charge in [-0.25, -0.2) is 0 Å². The summed E-state index contributed by atoms with van der Waals surface area (Å²) >= 11 is 1.46. The number of anilines is 2. The second kappa shape index (κ2) is 5.46. The summed E-state index contributed by atoms with van der Waals surface area (Å²) in [7, 11) is 0. The van der Waals surface area contributed by atoms with Gasteiger partial charge in [-0.05, 0) is 50.6 Å². The minimum Gasteiger partial charge on any atom is -0.479 e. The van der Waals surface area contributed by atoms with Crippen LogP contribution in [-0.2, 0) is 4.79 Å². The van der Waals surface area contributed by atoms with E-state index in [1.54, 1.807) is 25.1 Å². The molecule has 1 aromatic carbocycles. The molecule has 2 amide bonds. The molecule has 0 radical (unpaired) electrons. The Balaban J connectivity index is 1.80. The van der Waals surface area contributed by atoms with Crippen molar-refractivity contribution < 1.29 is 14.3 Å². The molecular formula is C16H16N2O3S. The highest BCUT2D eigenvalue weighted by atomic mass is 32.1. The van der Waals surface area contributed by atoms with Crippen molar-refractivity contribution in [2.24, 2.45) is 0 Å². The summed E-state index contributed by atoms with van der Waals surface area (Å²) in [5.41, 5.74) is 2.29. The van der Waals surface area contributed by atoms with E-state index in [0.717, 1.165) is 10.4 Å². The average Bonchev–Trinajstić information content (AvgIpc) is 2.80. The Morgan fingerprint density at radius 2 is 2.09 bits per heavy atom. The highest BCUT2D eigenvalue weighted by Gasteiger charge is 2.23. The van der Waals surface area contributed by atoms with Gasteiger partial charge in [0.25, 0.3) is 11.8 Å². The Hall–Kier alpha value is -2.34. The van der Waals surface area contributed by atoms with Gasteiger partial charge in [-0.15, -0.1) is 11.3 Å². The summed E-state index contributed by atoms with van der Waals surface area (Å²) in [5.74, 6) is 0.256. The third-order valence-corrected chi connectivity index (χ3v) is 4.71. The van der Waals surface area contributed by atoms with E-state index in [4.69, 9.17) is 4.74 Å². The molecule has 0 spiro atoms. The van der Waals surface area contributed by atoms with Crippen LogP contribution in [-0.4, -0.2) is 17.9 Å². The number of aryl methyl sites for hydroxylation is 2. The van der Waals surface area contributed by atoms with Crippen molar-refractivity contribution >= 4 is 34.5 Å². The predicted molar refractivity (Wildman–Crippen MR) is 86.9 cm³/mol. The second-order valence-corrected chi connectivity index (χ2v) is 6.52. The highest BCUT2D eigenvalue weighted by molar-refractivity contribution is 7.14. The number of thiophene rings is 1. The maximum atomic E-state index is 12.2. The van der Waals surface area contributed by atoms with Crippen LogP contribution in [0, 0.1) is 13.8 Å². The first-order valence-corrected chi connectivity index (χ1v) is 7.75. The normalized spacial score (nSPS) is 16.5. The van der Waals surface area contributed by atoms with Crippen molar-refractivity contribution in [2.45, 2.75) is 26.9 Å². The second-order valence-electron chi connectivity index (χ2n) is 5.26. The van der Waals surface area contributed by atoms with E-state index in [2.05, 4.69) is 10.6 Å². The molecule has 0 fully saturated rings. The minimum atomic E-state index is -0.509. The zero-order valence-electron chi connectivity index (χ0n) is 12.5. The summed E-state index contributed by atoms with van der Waals surface area (Å²) in [6.07, 6.45) is -0.509. The SMILES string of the molecule is Cc1cc(C(=O)Nc2ccc3c(c2)NC(=O)C(C)O3)sc1C. The Morgan fingerprint density at radius 1 is 1.32 bits per heavy atom. The van der Waals surface area contributed by atoms with Gasteiger partial charge in [0, 0.05) is 10.6 Å². The van der Waals surface area contributed by atoms with Crippen LogP contribution in [0.25, 0.3) is 0 Å². The zero-order valence-corrected chi connectivity index (χ0v) is 13.3. The number of hydrogen-bond acceptors (Lipinski definition) is 4. The van der Waals surface area contributed by atoms with Gasteiger partial charge in [0.2, 0.25) is 0 Å². The van der Waals surface area contributed by atoms with Crippen LogP contribution in [0.1, 0.15) is 27.0 Å². The number of carbonyl (C=O) groups excluding carboxylic acids is 2. The van der Waals surface area contributed by atoms with Crippen LogP contribution in [0.5, 0.6) is 5.75 Å². The van der Waals surface area contributed by atoms with Gasteiger partial charge in [-0.1, -0.05) is 0 Å². The van der Waals surface area contributed by atoms with Gasteiger partial charge in [-0.3, -0.25) is 9.59 Å². The Bertz CT molecular complexity index is 747. The third-order valence-electron chi connectivity index (χ3n) is 3.56. The van der Waals surface area contributed by atoms with Gasteiger partial charge < -0.3 is 15.4 Å². The first-order chi connectivity index (χ1) is 10.4. The van der Waals surface area contributed by atoms with E-state index >= 15 is 0 Å². The lowest BCUT2D eigenvalue weighted by Gasteiger charge is -2.23. The minimum absolute atomic E-state index is 0.155. The lowest BCUT2D eigenvalue weighted by atomic mass is 10.2. The van der Waals surface area contributed by atoms with Gasteiger partial charge in [-0.2, -0.15) is 0 Å². The van der Waals surface area contributed by atoms with Crippen LogP contribution in [0.15, 0.2) is 24.3 Å². The first-order valence-electron chi connectivity index (χ1n) is 6.94. The number of benzene rings is 1. The molecule has 2 aromatic rings. The molecule has 0 saturated heterocycles. The lowest BCUT2D eigenvalue weighted by molar-refractivity contribution is -0.122. The molecule has 0 saturated carbocycles. The molecule has 1 aromatic heterocycles. The van der Waals surface area contributed by atoms with Crippen LogP contribution in [0.4, 0.5) is 11.4 Å². The fourth-order valence-corrected chi connectivity index (χ4v) is 3.09. The van der Waals surface area contributed by atoms with Crippen molar-refractivity contribution in [3.05, 3.63) is 39.6 Å². The monoisotopic (exact) mass is 316 g/mol. The third kappa shape index (κ3) is 2.69. The molecule has 5 nitrogen and oxygen atoms in total.